The van der Waals surface area contributed by atoms with Crippen LogP contribution in [0.25, 0.3) is 0 Å². The molecule has 0 aliphatic heterocycles. The number of hydrogen-bond donors (Lipinski definition) is 2. The maximum absolute atomic E-state index is 8.83. The molecule has 0 spiro atoms. The van der Waals surface area contributed by atoms with E-state index in [0.29, 0.717) is 0 Å². The van der Waals surface area contributed by atoms with Gasteiger partial charge in [-0.3, -0.25) is 0 Å². The van der Waals surface area contributed by atoms with Crippen LogP contribution in [0.3, 0.4) is 0 Å². The van der Waals surface area contributed by atoms with Crippen molar-refractivity contribution in [2.75, 3.05) is 7.05 Å². The Kier molecular flexibility index (Phi) is 6.85. The molecule has 0 aromatic carbocycles. The molecule has 0 amide bonds. The highest BCUT2D eigenvalue weighted by Crippen LogP contribution is 2.03. The second kappa shape index (κ2) is 5.06. The van der Waals surface area contributed by atoms with Gasteiger partial charge in [0.25, 0.3) is 0 Å². The van der Waals surface area contributed by atoms with Crippen LogP contribution in [-0.4, -0.2) is 17.8 Å². The molecule has 3 N–H and O–H groups in total. The third kappa shape index (κ3) is 16.8. The van der Waals surface area contributed by atoms with Crippen LogP contribution < -0.4 is 5.73 Å². The van der Waals surface area contributed by atoms with E-state index in [-0.39, 0.29) is 0 Å². The van der Waals surface area contributed by atoms with Gasteiger partial charge in [0, 0.05) is 0 Å². The summed E-state index contributed by atoms with van der Waals surface area (Å²) in [6.45, 7) is 5.56. The van der Waals surface area contributed by atoms with Gasteiger partial charge in [-0.2, -0.15) is 0 Å². The quantitative estimate of drug-likeness (QED) is 0.535. The summed E-state index contributed by atoms with van der Waals surface area (Å²) in [5.74, 6) is 0. The first-order valence-corrected chi connectivity index (χ1v) is 2.86. The van der Waals surface area contributed by atoms with Crippen molar-refractivity contribution in [2.24, 2.45) is 5.73 Å². The van der Waals surface area contributed by atoms with E-state index in [0.717, 1.165) is 6.42 Å². The first kappa shape index (κ1) is 10.8. The molecule has 0 unspecified atom stereocenters. The van der Waals surface area contributed by atoms with Crippen molar-refractivity contribution in [3.63, 3.8) is 0 Å². The Labute approximate surface area is 51.7 Å². The number of nitrogens with two attached hydrogens (primary N) is 1. The predicted molar refractivity (Wildman–Crippen MR) is 36.7 cm³/mol. The van der Waals surface area contributed by atoms with Crippen LogP contribution in [0.4, 0.5) is 0 Å². The molecular formula is C6H17NO. The number of hydrogen-bond acceptors (Lipinski definition) is 2. The van der Waals surface area contributed by atoms with E-state index >= 15 is 0 Å². The van der Waals surface area contributed by atoms with Crippen LogP contribution in [0.5, 0.6) is 0 Å². The molecule has 0 atom stereocenters. The van der Waals surface area contributed by atoms with Crippen LogP contribution >= 0.6 is 0 Å². The van der Waals surface area contributed by atoms with E-state index in [2.05, 4.69) is 5.73 Å². The molecule has 0 aliphatic carbocycles. The fourth-order valence-electron chi connectivity index (χ4n) is 0. The van der Waals surface area contributed by atoms with Crippen LogP contribution in [-0.2, 0) is 0 Å². The van der Waals surface area contributed by atoms with Crippen molar-refractivity contribution in [3.8, 4) is 0 Å². The first-order chi connectivity index (χ1) is 3.56. The summed E-state index contributed by atoms with van der Waals surface area (Å²) in [5.41, 5.74) is 4.04. The maximum Gasteiger partial charge on any atom is 0.0589 e. The molecule has 0 aliphatic rings. The number of rotatable bonds is 1. The Hall–Kier alpha value is -0.0800. The standard InChI is InChI=1S/C5H12O.CH5N/c1-4-5(2,3)6;1-2/h6H,4H2,1-3H3;2H2,1H3. The van der Waals surface area contributed by atoms with Gasteiger partial charge >= 0.3 is 0 Å². The molecule has 0 rings (SSSR count). The van der Waals surface area contributed by atoms with Gasteiger partial charge in [-0.25, -0.2) is 0 Å². The van der Waals surface area contributed by atoms with Crippen molar-refractivity contribution in [1.82, 2.24) is 0 Å². The minimum Gasteiger partial charge on any atom is -0.390 e. The van der Waals surface area contributed by atoms with Crippen molar-refractivity contribution in [1.29, 1.82) is 0 Å². The largest absolute Gasteiger partial charge is 0.390 e. The molecule has 2 nitrogen and oxygen atoms in total. The molecular weight excluding hydrogens is 102 g/mol. The highest BCUT2D eigenvalue weighted by Gasteiger charge is 2.05. The van der Waals surface area contributed by atoms with Crippen LogP contribution in [0.1, 0.15) is 27.2 Å². The third-order valence-corrected chi connectivity index (χ3v) is 0.865. The van der Waals surface area contributed by atoms with Crippen molar-refractivity contribution < 1.29 is 5.11 Å². The van der Waals surface area contributed by atoms with Crippen molar-refractivity contribution in [3.05, 3.63) is 0 Å². The van der Waals surface area contributed by atoms with E-state index in [1.54, 1.807) is 13.8 Å². The van der Waals surface area contributed by atoms with Gasteiger partial charge in [-0.1, -0.05) is 6.92 Å². The summed E-state index contributed by atoms with van der Waals surface area (Å²) in [7, 11) is 1.50. The summed E-state index contributed by atoms with van der Waals surface area (Å²) in [4.78, 5) is 0. The maximum atomic E-state index is 8.83. The van der Waals surface area contributed by atoms with Gasteiger partial charge in [0.1, 0.15) is 0 Å². The lowest BCUT2D eigenvalue weighted by atomic mass is 10.1. The van der Waals surface area contributed by atoms with Gasteiger partial charge in [-0.05, 0) is 27.3 Å². The number of aliphatic hydroxyl groups is 1. The van der Waals surface area contributed by atoms with Gasteiger partial charge < -0.3 is 10.8 Å². The molecule has 0 saturated carbocycles. The summed E-state index contributed by atoms with van der Waals surface area (Å²) >= 11 is 0. The molecule has 8 heavy (non-hydrogen) atoms. The molecule has 52 valence electrons. The van der Waals surface area contributed by atoms with Crippen LogP contribution in [0.2, 0.25) is 0 Å². The fraction of sp³-hybridized carbons (Fsp3) is 1.00. The zero-order chi connectivity index (χ0) is 7.21. The van der Waals surface area contributed by atoms with E-state index in [1.165, 1.54) is 7.05 Å². The van der Waals surface area contributed by atoms with E-state index in [4.69, 9.17) is 5.11 Å². The zero-order valence-electron chi connectivity index (χ0n) is 6.23. The average Bonchev–Trinajstić information content (AvgIpc) is 1.71. The second-order valence-electron chi connectivity index (χ2n) is 2.17. The summed E-state index contributed by atoms with van der Waals surface area (Å²) in [6.07, 6.45) is 0.826. The SMILES string of the molecule is CCC(C)(C)O.CN. The van der Waals surface area contributed by atoms with E-state index in [1.807, 2.05) is 6.92 Å². The van der Waals surface area contributed by atoms with Crippen LogP contribution in [0.15, 0.2) is 0 Å². The van der Waals surface area contributed by atoms with Crippen molar-refractivity contribution >= 4 is 0 Å². The van der Waals surface area contributed by atoms with Gasteiger partial charge in [0.15, 0.2) is 0 Å². The second-order valence-corrected chi connectivity index (χ2v) is 2.17. The molecule has 0 saturated heterocycles. The Morgan fingerprint density at radius 1 is 1.38 bits per heavy atom. The summed E-state index contributed by atoms with van der Waals surface area (Å²) < 4.78 is 0. The molecule has 0 fully saturated rings. The lowest BCUT2D eigenvalue weighted by Crippen LogP contribution is -2.15. The zero-order valence-corrected chi connectivity index (χ0v) is 6.23. The molecule has 0 aromatic rings. The van der Waals surface area contributed by atoms with Gasteiger partial charge in [-0.15, -0.1) is 0 Å². The average molecular weight is 119 g/mol. The van der Waals surface area contributed by atoms with Gasteiger partial charge in [0.05, 0.1) is 5.60 Å². The third-order valence-electron chi connectivity index (χ3n) is 0.865. The Balaban J connectivity index is 0. The molecule has 0 aromatic heterocycles. The monoisotopic (exact) mass is 119 g/mol. The highest BCUT2D eigenvalue weighted by molar-refractivity contribution is 4.59. The molecule has 0 radical (unpaired) electrons. The van der Waals surface area contributed by atoms with Gasteiger partial charge in [0.2, 0.25) is 0 Å². The molecule has 0 heterocycles. The smallest absolute Gasteiger partial charge is 0.0589 e. The lowest BCUT2D eigenvalue weighted by molar-refractivity contribution is 0.0765. The Morgan fingerprint density at radius 3 is 1.50 bits per heavy atom. The molecule has 0 bridgehead atoms. The summed E-state index contributed by atoms with van der Waals surface area (Å²) in [6, 6.07) is 0. The normalized spacial score (nSPS) is 9.75. The topological polar surface area (TPSA) is 46.2 Å². The highest BCUT2D eigenvalue weighted by atomic mass is 16.3. The van der Waals surface area contributed by atoms with E-state index < -0.39 is 5.60 Å². The van der Waals surface area contributed by atoms with Crippen LogP contribution in [0, 0.1) is 0 Å². The Bertz CT molecular complexity index is 38.3. The van der Waals surface area contributed by atoms with E-state index in [9.17, 15) is 0 Å². The summed E-state index contributed by atoms with van der Waals surface area (Å²) in [5, 5.41) is 8.83. The predicted octanol–water partition coefficient (Wildman–Crippen LogP) is 0.742. The Morgan fingerprint density at radius 2 is 1.50 bits per heavy atom. The first-order valence-electron chi connectivity index (χ1n) is 2.86. The minimum absolute atomic E-state index is 0.458. The van der Waals surface area contributed by atoms with Crippen molar-refractivity contribution in [2.45, 2.75) is 32.8 Å². The minimum atomic E-state index is -0.458. The fourth-order valence-corrected chi connectivity index (χ4v) is 0. The molecule has 2 heteroatoms. The lowest BCUT2D eigenvalue weighted by Gasteiger charge is -2.11.